The van der Waals surface area contributed by atoms with Crippen LogP contribution in [0.1, 0.15) is 64.6 Å². The van der Waals surface area contributed by atoms with Gasteiger partial charge < -0.3 is 0 Å². The number of aromatic nitrogens is 3. The van der Waals surface area contributed by atoms with Gasteiger partial charge in [-0.15, -0.1) is 0 Å². The molecule has 3 nitrogen and oxygen atoms in total. The van der Waals surface area contributed by atoms with E-state index in [1.807, 2.05) is 0 Å². The zero-order chi connectivity index (χ0) is 32.4. The summed E-state index contributed by atoms with van der Waals surface area (Å²) in [6.07, 6.45) is 9.11. The molecule has 0 atom stereocenters. The topological polar surface area (TPSA) is 38.7 Å². The molecule has 236 valence electrons. The second-order valence-corrected chi connectivity index (χ2v) is 13.0. The van der Waals surface area contributed by atoms with Crippen LogP contribution in [0.2, 0.25) is 0 Å². The van der Waals surface area contributed by atoms with Crippen LogP contribution >= 0.6 is 0 Å². The van der Waals surface area contributed by atoms with E-state index in [0.717, 1.165) is 42.4 Å². The van der Waals surface area contributed by atoms with Crippen molar-refractivity contribution in [1.29, 1.82) is 0 Å². The predicted octanol–water partition coefficient (Wildman–Crippen LogP) is 10.9. The average molecular weight is 616 g/mol. The normalized spacial score (nSPS) is 11.1. The van der Waals surface area contributed by atoms with Gasteiger partial charge in [0.2, 0.25) is 0 Å². The molecule has 0 aliphatic rings. The molecular formula is C44H45N3. The molecule has 0 radical (unpaired) electrons. The first-order valence-electron chi connectivity index (χ1n) is 17.1. The zero-order valence-corrected chi connectivity index (χ0v) is 28.0. The fraction of sp³-hybridized carbons (Fsp3) is 0.250. The maximum Gasteiger partial charge on any atom is 0.164 e. The third-order valence-electron chi connectivity index (χ3n) is 8.97. The molecule has 1 heterocycles. The van der Waals surface area contributed by atoms with Gasteiger partial charge >= 0.3 is 0 Å². The summed E-state index contributed by atoms with van der Waals surface area (Å²) in [5.74, 6) is 2.11. The highest BCUT2D eigenvalue weighted by Crippen LogP contribution is 2.26. The molecule has 0 fully saturated rings. The summed E-state index contributed by atoms with van der Waals surface area (Å²) in [6, 6.07) is 43.8. The third-order valence-corrected chi connectivity index (χ3v) is 8.97. The summed E-state index contributed by atoms with van der Waals surface area (Å²) in [5.41, 5.74) is 12.4. The molecule has 6 aromatic rings. The molecule has 3 heteroatoms. The number of hydrogen-bond donors (Lipinski definition) is 0. The van der Waals surface area contributed by atoms with Gasteiger partial charge in [0.15, 0.2) is 17.5 Å². The smallest absolute Gasteiger partial charge is 0.164 e. The van der Waals surface area contributed by atoms with Gasteiger partial charge in [0.05, 0.1) is 0 Å². The van der Waals surface area contributed by atoms with Gasteiger partial charge in [-0.3, -0.25) is 0 Å². The molecule has 0 aliphatic carbocycles. The van der Waals surface area contributed by atoms with Crippen molar-refractivity contribution in [2.45, 2.75) is 72.1 Å². The number of rotatable bonds is 13. The van der Waals surface area contributed by atoms with Crippen LogP contribution in [0.15, 0.2) is 121 Å². The summed E-state index contributed by atoms with van der Waals surface area (Å²) >= 11 is 0. The molecule has 0 N–H and O–H groups in total. The summed E-state index contributed by atoms with van der Waals surface area (Å²) in [4.78, 5) is 14.9. The monoisotopic (exact) mass is 615 g/mol. The first kappa shape index (κ1) is 32.1. The molecule has 0 unspecified atom stereocenters. The lowest BCUT2D eigenvalue weighted by Crippen LogP contribution is -2.00. The van der Waals surface area contributed by atoms with Crippen LogP contribution in [0.25, 0.3) is 34.2 Å². The van der Waals surface area contributed by atoms with E-state index < -0.39 is 0 Å². The number of unbranched alkanes of at least 4 members (excludes halogenated alkanes) is 2. The molecule has 47 heavy (non-hydrogen) atoms. The Morgan fingerprint density at radius 3 is 0.787 bits per heavy atom. The first-order chi connectivity index (χ1) is 23.0. The minimum atomic E-state index is 0.699. The van der Waals surface area contributed by atoms with Gasteiger partial charge in [0.1, 0.15) is 0 Å². The van der Waals surface area contributed by atoms with Crippen LogP contribution in [0, 0.1) is 20.8 Å². The molecular weight excluding hydrogens is 571 g/mol. The number of aryl methyl sites for hydroxylation is 7. The minimum absolute atomic E-state index is 0.699. The van der Waals surface area contributed by atoms with Crippen molar-refractivity contribution in [2.75, 3.05) is 0 Å². The second kappa shape index (κ2) is 15.6. The van der Waals surface area contributed by atoms with Crippen LogP contribution in [-0.4, -0.2) is 15.0 Å². The largest absolute Gasteiger partial charge is 0.208 e. The number of hydrogen-bond acceptors (Lipinski definition) is 3. The van der Waals surface area contributed by atoms with Crippen molar-refractivity contribution >= 4 is 0 Å². The van der Waals surface area contributed by atoms with E-state index in [1.165, 1.54) is 64.6 Å². The Labute approximate surface area is 280 Å². The van der Waals surface area contributed by atoms with E-state index in [2.05, 4.69) is 142 Å². The Kier molecular flexibility index (Phi) is 10.6. The zero-order valence-electron chi connectivity index (χ0n) is 28.0. The molecule has 0 saturated carbocycles. The Hall–Kier alpha value is -4.89. The van der Waals surface area contributed by atoms with E-state index in [9.17, 15) is 0 Å². The third kappa shape index (κ3) is 9.10. The lowest BCUT2D eigenvalue weighted by Gasteiger charge is -2.10. The molecule has 0 aliphatic heterocycles. The highest BCUT2D eigenvalue weighted by Gasteiger charge is 2.13. The van der Waals surface area contributed by atoms with E-state index in [1.54, 1.807) is 0 Å². The maximum absolute atomic E-state index is 4.98. The summed E-state index contributed by atoms with van der Waals surface area (Å²) in [6.45, 7) is 6.38. The van der Waals surface area contributed by atoms with Crippen molar-refractivity contribution in [3.8, 4) is 34.2 Å². The lowest BCUT2D eigenvalue weighted by molar-refractivity contribution is 0.734. The molecule has 5 aromatic carbocycles. The van der Waals surface area contributed by atoms with Gasteiger partial charge in [0, 0.05) is 16.7 Å². The maximum atomic E-state index is 4.98. The van der Waals surface area contributed by atoms with Crippen LogP contribution in [0.5, 0.6) is 0 Å². The van der Waals surface area contributed by atoms with E-state index in [4.69, 9.17) is 15.0 Å². The van der Waals surface area contributed by atoms with E-state index in [0.29, 0.717) is 17.5 Å². The first-order valence-corrected chi connectivity index (χ1v) is 17.1. The van der Waals surface area contributed by atoms with Gasteiger partial charge in [-0.2, -0.15) is 0 Å². The second-order valence-electron chi connectivity index (χ2n) is 13.0. The summed E-state index contributed by atoms with van der Waals surface area (Å²) < 4.78 is 0. The molecule has 6 rings (SSSR count). The standard InChI is InChI=1S/C44H45N3/c1-32-12-18-35(19-13-32)8-4-6-10-37-22-28-40(29-23-37)43-45-42(39-26-16-34(3)17-27-39)46-44(47-43)41-30-24-38(25-31-41)11-7-5-9-36-20-14-33(2)15-21-36/h12-31H,4-11H2,1-3H3. The van der Waals surface area contributed by atoms with Gasteiger partial charge in [-0.05, 0) is 94.4 Å². The van der Waals surface area contributed by atoms with Crippen LogP contribution in [0.3, 0.4) is 0 Å². The minimum Gasteiger partial charge on any atom is -0.208 e. The van der Waals surface area contributed by atoms with Crippen molar-refractivity contribution in [3.05, 3.63) is 160 Å². The van der Waals surface area contributed by atoms with Crippen LogP contribution in [-0.2, 0) is 25.7 Å². The highest BCUT2D eigenvalue weighted by atomic mass is 15.0. The SMILES string of the molecule is Cc1ccc(CCCCc2ccc(-c3nc(-c4ccc(C)cc4)nc(-c4ccc(CCCCc5ccc(C)cc5)cc4)n3)cc2)cc1. The van der Waals surface area contributed by atoms with Crippen LogP contribution < -0.4 is 0 Å². The van der Waals surface area contributed by atoms with Gasteiger partial charge in [-0.1, -0.05) is 138 Å². The van der Waals surface area contributed by atoms with Crippen molar-refractivity contribution in [3.63, 3.8) is 0 Å². The van der Waals surface area contributed by atoms with Crippen molar-refractivity contribution in [2.24, 2.45) is 0 Å². The Morgan fingerprint density at radius 2 is 0.511 bits per heavy atom. The van der Waals surface area contributed by atoms with Crippen molar-refractivity contribution in [1.82, 2.24) is 15.0 Å². The Balaban J connectivity index is 1.13. The van der Waals surface area contributed by atoms with Gasteiger partial charge in [-0.25, -0.2) is 15.0 Å². The molecule has 0 spiro atoms. The summed E-state index contributed by atoms with van der Waals surface area (Å²) in [7, 11) is 0. The number of nitrogens with zero attached hydrogens (tertiary/aromatic N) is 3. The van der Waals surface area contributed by atoms with Crippen LogP contribution in [0.4, 0.5) is 0 Å². The lowest BCUT2D eigenvalue weighted by atomic mass is 10.0. The Morgan fingerprint density at radius 1 is 0.298 bits per heavy atom. The molecule has 1 aromatic heterocycles. The fourth-order valence-corrected chi connectivity index (χ4v) is 5.93. The average Bonchev–Trinajstić information content (AvgIpc) is 3.11. The molecule has 0 bridgehead atoms. The predicted molar refractivity (Wildman–Crippen MR) is 197 cm³/mol. The quantitative estimate of drug-likeness (QED) is 0.121. The van der Waals surface area contributed by atoms with Crippen molar-refractivity contribution < 1.29 is 0 Å². The highest BCUT2D eigenvalue weighted by molar-refractivity contribution is 5.66. The Bertz CT molecular complexity index is 1740. The fourth-order valence-electron chi connectivity index (χ4n) is 5.93. The van der Waals surface area contributed by atoms with E-state index >= 15 is 0 Å². The summed E-state index contributed by atoms with van der Waals surface area (Å²) in [5, 5.41) is 0. The number of benzene rings is 5. The molecule has 0 saturated heterocycles. The molecule has 0 amide bonds. The van der Waals surface area contributed by atoms with Gasteiger partial charge in [0.25, 0.3) is 0 Å². The van der Waals surface area contributed by atoms with E-state index in [-0.39, 0.29) is 0 Å².